The van der Waals surface area contributed by atoms with Crippen LogP contribution in [0.15, 0.2) is 162 Å². The Morgan fingerprint density at radius 2 is 1.18 bits per heavy atom. The summed E-state index contributed by atoms with van der Waals surface area (Å²) < 4.78 is 0. The summed E-state index contributed by atoms with van der Waals surface area (Å²) in [4.78, 5) is 15.5. The summed E-state index contributed by atoms with van der Waals surface area (Å²) in [5.74, 6) is 2.42. The summed E-state index contributed by atoms with van der Waals surface area (Å²) in [5, 5.41) is 0. The largest absolute Gasteiger partial charge is 0.209 e. The second kappa shape index (κ2) is 11.2. The predicted octanol–water partition coefficient (Wildman–Crippen LogP) is 10.9. The molecule has 234 valence electrons. The summed E-state index contributed by atoms with van der Waals surface area (Å²) in [7, 11) is 0. The first kappa shape index (κ1) is 28.4. The lowest BCUT2D eigenvalue weighted by Gasteiger charge is -2.39. The maximum Gasteiger partial charge on any atom is 0.164 e. The monoisotopic (exact) mass is 629 g/mol. The Balaban J connectivity index is 1.12. The Bertz CT molecular complexity index is 2300. The molecule has 5 aromatic rings. The van der Waals surface area contributed by atoms with Crippen LogP contribution in [0.2, 0.25) is 0 Å². The van der Waals surface area contributed by atoms with Gasteiger partial charge in [0.1, 0.15) is 0 Å². The molecular formula is C46H35N3. The first-order valence-electron chi connectivity index (χ1n) is 17.6. The van der Waals surface area contributed by atoms with Gasteiger partial charge in [-0.25, -0.2) is 15.0 Å². The number of aromatic nitrogens is 3. The quantitative estimate of drug-likeness (QED) is 0.199. The molecule has 0 bridgehead atoms. The van der Waals surface area contributed by atoms with Crippen LogP contribution in [-0.4, -0.2) is 15.0 Å². The van der Waals surface area contributed by atoms with Crippen molar-refractivity contribution >= 4 is 11.1 Å². The van der Waals surface area contributed by atoms with E-state index in [1.54, 1.807) is 5.57 Å². The lowest BCUT2D eigenvalue weighted by atomic mass is 9.63. The summed E-state index contributed by atoms with van der Waals surface area (Å²) in [6.07, 6.45) is 21.4. The van der Waals surface area contributed by atoms with Crippen LogP contribution >= 0.6 is 0 Å². The molecule has 4 aromatic carbocycles. The molecule has 1 aromatic heterocycles. The van der Waals surface area contributed by atoms with Gasteiger partial charge in [0.05, 0.1) is 5.41 Å². The Morgan fingerprint density at radius 3 is 1.90 bits per heavy atom. The Morgan fingerprint density at radius 1 is 0.551 bits per heavy atom. The Hall–Kier alpha value is -5.67. The molecule has 5 aliphatic carbocycles. The van der Waals surface area contributed by atoms with E-state index in [1.165, 1.54) is 44.5 Å². The highest BCUT2D eigenvalue weighted by Gasteiger charge is 2.57. The third kappa shape index (κ3) is 4.31. The van der Waals surface area contributed by atoms with Gasteiger partial charge in [-0.05, 0) is 87.8 Å². The van der Waals surface area contributed by atoms with Gasteiger partial charge in [-0.1, -0.05) is 146 Å². The van der Waals surface area contributed by atoms with Crippen LogP contribution in [0.4, 0.5) is 0 Å². The molecule has 3 nitrogen and oxygen atoms in total. The van der Waals surface area contributed by atoms with Crippen LogP contribution in [0.3, 0.4) is 0 Å². The van der Waals surface area contributed by atoms with E-state index >= 15 is 0 Å². The van der Waals surface area contributed by atoms with E-state index in [-0.39, 0.29) is 11.3 Å². The first-order chi connectivity index (χ1) is 24.3. The van der Waals surface area contributed by atoms with E-state index in [0.29, 0.717) is 11.6 Å². The second-order valence-electron chi connectivity index (χ2n) is 13.7. The van der Waals surface area contributed by atoms with Crippen LogP contribution < -0.4 is 0 Å². The van der Waals surface area contributed by atoms with Crippen molar-refractivity contribution in [1.29, 1.82) is 0 Å². The molecule has 0 saturated heterocycles. The van der Waals surface area contributed by atoms with E-state index in [0.717, 1.165) is 54.6 Å². The molecule has 0 aliphatic heterocycles. The lowest BCUT2D eigenvalue weighted by molar-refractivity contribution is 0.452. The molecule has 0 N–H and O–H groups in total. The standard InChI is InChI=1S/C46H35N3/c1-3-13-30(14-4-1)31-23-25-33(26-24-31)44-47-43(32-15-5-2-6-16-32)48-45(49-44)34-27-28-38-37-19-9-12-22-41(37)46(42(38)29-34)39-20-10-7-17-35(39)36-18-8-11-21-40(36)46/h2-3,5-11,13-21,23-28,42H,1,4,12,22,29H2. The fourth-order valence-corrected chi connectivity index (χ4v) is 9.06. The van der Waals surface area contributed by atoms with Crippen LogP contribution in [0, 0.1) is 5.92 Å². The fourth-order valence-electron chi connectivity index (χ4n) is 9.06. The number of rotatable bonds is 4. The third-order valence-corrected chi connectivity index (χ3v) is 11.2. The molecule has 5 aliphatic rings. The minimum Gasteiger partial charge on any atom is -0.209 e. The van der Waals surface area contributed by atoms with E-state index in [2.05, 4.69) is 140 Å². The van der Waals surface area contributed by atoms with Crippen LogP contribution in [0.1, 0.15) is 54.6 Å². The van der Waals surface area contributed by atoms with E-state index < -0.39 is 0 Å². The first-order valence-corrected chi connectivity index (χ1v) is 17.6. The maximum absolute atomic E-state index is 5.23. The maximum atomic E-state index is 5.23. The van der Waals surface area contributed by atoms with Crippen molar-refractivity contribution in [3.05, 3.63) is 185 Å². The van der Waals surface area contributed by atoms with Gasteiger partial charge in [-0.2, -0.15) is 0 Å². The molecule has 1 unspecified atom stereocenters. The molecule has 0 amide bonds. The number of allylic oxidation sites excluding steroid dienone is 12. The molecule has 0 radical (unpaired) electrons. The highest BCUT2D eigenvalue weighted by molar-refractivity contribution is 5.88. The fraction of sp³-hybridized carbons (Fsp3) is 0.152. The van der Waals surface area contributed by atoms with Gasteiger partial charge in [0.25, 0.3) is 0 Å². The number of hydrogen-bond donors (Lipinski definition) is 0. The summed E-state index contributed by atoms with van der Waals surface area (Å²) in [6.45, 7) is 0. The number of hydrogen-bond acceptors (Lipinski definition) is 3. The zero-order valence-electron chi connectivity index (χ0n) is 27.3. The summed E-state index contributed by atoms with van der Waals surface area (Å²) >= 11 is 0. The second-order valence-corrected chi connectivity index (χ2v) is 13.7. The molecule has 0 saturated carbocycles. The normalized spacial score (nSPS) is 19.5. The van der Waals surface area contributed by atoms with Crippen molar-refractivity contribution in [3.8, 4) is 33.9 Å². The lowest BCUT2D eigenvalue weighted by Crippen LogP contribution is -2.35. The van der Waals surface area contributed by atoms with Gasteiger partial charge >= 0.3 is 0 Å². The average molecular weight is 630 g/mol. The van der Waals surface area contributed by atoms with E-state index in [9.17, 15) is 0 Å². The van der Waals surface area contributed by atoms with Crippen LogP contribution in [0.25, 0.3) is 45.0 Å². The van der Waals surface area contributed by atoms with Gasteiger partial charge in [-0.15, -0.1) is 0 Å². The minimum absolute atomic E-state index is 0.200. The molecule has 10 rings (SSSR count). The smallest absolute Gasteiger partial charge is 0.164 e. The van der Waals surface area contributed by atoms with Crippen molar-refractivity contribution in [2.75, 3.05) is 0 Å². The topological polar surface area (TPSA) is 38.7 Å². The predicted molar refractivity (Wildman–Crippen MR) is 199 cm³/mol. The Kier molecular flexibility index (Phi) is 6.48. The average Bonchev–Trinajstić information content (AvgIpc) is 3.66. The number of fused-ring (bicyclic) bond motifs is 9. The molecular weight excluding hydrogens is 595 g/mol. The van der Waals surface area contributed by atoms with Gasteiger partial charge in [0.15, 0.2) is 17.5 Å². The molecule has 49 heavy (non-hydrogen) atoms. The van der Waals surface area contributed by atoms with Crippen molar-refractivity contribution in [3.63, 3.8) is 0 Å². The van der Waals surface area contributed by atoms with Crippen molar-refractivity contribution in [1.82, 2.24) is 15.0 Å². The number of nitrogens with zero attached hydrogens (tertiary/aromatic N) is 3. The highest BCUT2D eigenvalue weighted by atomic mass is 15.0. The highest BCUT2D eigenvalue weighted by Crippen LogP contribution is 2.66. The third-order valence-electron chi connectivity index (χ3n) is 11.2. The van der Waals surface area contributed by atoms with E-state index in [4.69, 9.17) is 15.0 Å². The zero-order chi connectivity index (χ0) is 32.4. The molecule has 1 heterocycles. The van der Waals surface area contributed by atoms with Crippen LogP contribution in [-0.2, 0) is 5.41 Å². The van der Waals surface area contributed by atoms with E-state index in [1.807, 2.05) is 6.07 Å². The van der Waals surface area contributed by atoms with Gasteiger partial charge in [-0.3, -0.25) is 0 Å². The van der Waals surface area contributed by atoms with Gasteiger partial charge in [0.2, 0.25) is 0 Å². The SMILES string of the molecule is C1=CC(c2ccc(-c3nc(C4=CC=C5C6=C(CCC=C6)C6(c7ccccc7-c7ccccc76)C5C4)nc(-c4ccccc4)n3)cc2)=CCC1. The van der Waals surface area contributed by atoms with Crippen LogP contribution in [0.5, 0.6) is 0 Å². The molecule has 1 atom stereocenters. The van der Waals surface area contributed by atoms with Crippen molar-refractivity contribution in [2.24, 2.45) is 5.92 Å². The molecule has 1 spiro atoms. The van der Waals surface area contributed by atoms with Gasteiger partial charge in [0, 0.05) is 17.0 Å². The molecule has 3 heteroatoms. The zero-order valence-corrected chi connectivity index (χ0v) is 27.3. The minimum atomic E-state index is -0.200. The van der Waals surface area contributed by atoms with Crippen molar-refractivity contribution < 1.29 is 0 Å². The summed E-state index contributed by atoms with van der Waals surface area (Å²) in [6, 6.07) is 37.2. The summed E-state index contributed by atoms with van der Waals surface area (Å²) in [5.41, 5.74) is 15.5. The Labute approximate surface area is 287 Å². The van der Waals surface area contributed by atoms with Gasteiger partial charge < -0.3 is 0 Å². The molecule has 0 fully saturated rings. The van der Waals surface area contributed by atoms with Crippen molar-refractivity contribution in [2.45, 2.75) is 37.5 Å². The number of benzene rings is 4.